The second-order valence-electron chi connectivity index (χ2n) is 7.58. The van der Waals surface area contributed by atoms with E-state index in [-0.39, 0.29) is 28.2 Å². The van der Waals surface area contributed by atoms with Crippen LogP contribution < -0.4 is 19.8 Å². The molecule has 194 valence electrons. The van der Waals surface area contributed by atoms with Gasteiger partial charge in [-0.15, -0.1) is 0 Å². The highest BCUT2D eigenvalue weighted by Crippen LogP contribution is 2.28. The van der Waals surface area contributed by atoms with Crippen LogP contribution in [0.4, 0.5) is 11.4 Å². The van der Waals surface area contributed by atoms with Crippen molar-refractivity contribution in [3.05, 3.63) is 87.4 Å². The summed E-state index contributed by atoms with van der Waals surface area (Å²) in [5.74, 6) is -0.564. The molecular weight excluding hydrogens is 563 g/mol. The van der Waals surface area contributed by atoms with Crippen LogP contribution in [-0.2, 0) is 19.6 Å². The first-order chi connectivity index (χ1) is 17.5. The van der Waals surface area contributed by atoms with Crippen molar-refractivity contribution >= 4 is 74.2 Å². The van der Waals surface area contributed by atoms with Crippen LogP contribution in [0.15, 0.2) is 71.8 Å². The molecule has 0 bridgehead atoms. The minimum atomic E-state index is -3.79. The number of amides is 2. The third-order valence-corrected chi connectivity index (χ3v) is 6.75. The van der Waals surface area contributed by atoms with Gasteiger partial charge in [-0.1, -0.05) is 40.9 Å². The number of nitrogens with one attached hydrogen (secondary N) is 2. The van der Waals surface area contributed by atoms with Crippen LogP contribution in [-0.4, -0.2) is 45.9 Å². The lowest BCUT2D eigenvalue weighted by Gasteiger charge is -2.21. The second-order valence-corrected chi connectivity index (χ2v) is 10.7. The average molecular weight is 584 g/mol. The minimum absolute atomic E-state index is 0.153. The van der Waals surface area contributed by atoms with Gasteiger partial charge < -0.3 is 10.1 Å². The van der Waals surface area contributed by atoms with Gasteiger partial charge >= 0.3 is 0 Å². The first-order valence-corrected chi connectivity index (χ1v) is 13.5. The molecule has 0 heterocycles. The molecule has 0 saturated heterocycles. The summed E-state index contributed by atoms with van der Waals surface area (Å²) < 4.78 is 30.7. The van der Waals surface area contributed by atoms with E-state index in [1.807, 2.05) is 0 Å². The van der Waals surface area contributed by atoms with Crippen LogP contribution in [0.25, 0.3) is 0 Å². The fourth-order valence-electron chi connectivity index (χ4n) is 2.95. The fraction of sp³-hybridized carbons (Fsp3) is 0.125. The molecule has 0 unspecified atom stereocenters. The molecule has 0 atom stereocenters. The first-order valence-electron chi connectivity index (χ1n) is 10.5. The zero-order valence-corrected chi connectivity index (χ0v) is 22.4. The summed E-state index contributed by atoms with van der Waals surface area (Å²) in [6.07, 6.45) is 2.34. The number of rotatable bonds is 10. The second kappa shape index (κ2) is 12.8. The molecule has 0 aliphatic carbocycles. The number of ether oxygens (including phenoxy) is 1. The van der Waals surface area contributed by atoms with Crippen molar-refractivity contribution in [1.29, 1.82) is 0 Å². The number of carbonyl (C=O) groups is 2. The number of hydrogen-bond donors (Lipinski definition) is 2. The SMILES string of the molecule is CS(=O)(=O)N(CC(=O)N/N=C\c1ccc(OCC(=O)Nc2cccc(Cl)c2)cc1)c1ccc(Cl)c(Cl)c1. The van der Waals surface area contributed by atoms with E-state index in [9.17, 15) is 18.0 Å². The number of sulfonamides is 1. The average Bonchev–Trinajstić information content (AvgIpc) is 2.83. The molecule has 3 aromatic carbocycles. The highest BCUT2D eigenvalue weighted by atomic mass is 35.5. The third-order valence-electron chi connectivity index (χ3n) is 4.64. The minimum Gasteiger partial charge on any atom is -0.484 e. The molecule has 0 spiro atoms. The summed E-state index contributed by atoms with van der Waals surface area (Å²) in [7, 11) is -3.79. The highest BCUT2D eigenvalue weighted by Gasteiger charge is 2.21. The summed E-state index contributed by atoms with van der Waals surface area (Å²) in [6, 6.07) is 17.6. The Hall–Kier alpha value is -3.31. The van der Waals surface area contributed by atoms with E-state index in [1.165, 1.54) is 24.4 Å². The van der Waals surface area contributed by atoms with Crippen molar-refractivity contribution in [1.82, 2.24) is 5.43 Å². The van der Waals surface area contributed by atoms with Gasteiger partial charge in [0.05, 0.1) is 28.2 Å². The predicted octanol–water partition coefficient (Wildman–Crippen LogP) is 4.58. The maximum Gasteiger partial charge on any atom is 0.262 e. The molecule has 2 N–H and O–H groups in total. The Bertz CT molecular complexity index is 1420. The summed E-state index contributed by atoms with van der Waals surface area (Å²) in [5.41, 5.74) is 3.66. The van der Waals surface area contributed by atoms with Crippen LogP contribution in [0.5, 0.6) is 5.75 Å². The number of carbonyl (C=O) groups excluding carboxylic acids is 2. The van der Waals surface area contributed by atoms with E-state index < -0.39 is 22.5 Å². The van der Waals surface area contributed by atoms with Gasteiger partial charge in [-0.3, -0.25) is 13.9 Å². The lowest BCUT2D eigenvalue weighted by atomic mass is 10.2. The smallest absolute Gasteiger partial charge is 0.262 e. The van der Waals surface area contributed by atoms with Gasteiger partial charge in [0.2, 0.25) is 10.0 Å². The Morgan fingerprint density at radius 3 is 2.35 bits per heavy atom. The highest BCUT2D eigenvalue weighted by molar-refractivity contribution is 7.92. The molecule has 0 aliphatic rings. The lowest BCUT2D eigenvalue weighted by Crippen LogP contribution is -2.39. The molecule has 3 rings (SSSR count). The molecule has 0 fully saturated rings. The number of hydrazone groups is 1. The van der Waals surface area contributed by atoms with Crippen molar-refractivity contribution in [2.75, 3.05) is 29.0 Å². The van der Waals surface area contributed by atoms with E-state index in [0.717, 1.165) is 10.6 Å². The molecular formula is C24H21Cl3N4O5S. The lowest BCUT2D eigenvalue weighted by molar-refractivity contribution is -0.119. The van der Waals surface area contributed by atoms with Crippen LogP contribution in [0.1, 0.15) is 5.56 Å². The maximum absolute atomic E-state index is 12.3. The Morgan fingerprint density at radius 1 is 0.973 bits per heavy atom. The number of hydrogen-bond acceptors (Lipinski definition) is 6. The number of anilines is 2. The largest absolute Gasteiger partial charge is 0.484 e. The van der Waals surface area contributed by atoms with Crippen LogP contribution >= 0.6 is 34.8 Å². The number of halogens is 3. The Balaban J connectivity index is 1.51. The van der Waals surface area contributed by atoms with Crippen molar-refractivity contribution in [2.24, 2.45) is 5.10 Å². The molecule has 0 aliphatic heterocycles. The normalized spacial score (nSPS) is 11.2. The topological polar surface area (TPSA) is 117 Å². The van der Waals surface area contributed by atoms with Gasteiger partial charge in [0.15, 0.2) is 6.61 Å². The van der Waals surface area contributed by atoms with Gasteiger partial charge in [0.25, 0.3) is 11.8 Å². The van der Waals surface area contributed by atoms with E-state index in [0.29, 0.717) is 22.0 Å². The van der Waals surface area contributed by atoms with Crippen molar-refractivity contribution in [3.63, 3.8) is 0 Å². The Morgan fingerprint density at radius 2 is 1.70 bits per heavy atom. The maximum atomic E-state index is 12.3. The molecule has 37 heavy (non-hydrogen) atoms. The van der Waals surface area contributed by atoms with E-state index in [2.05, 4.69) is 15.8 Å². The quantitative estimate of drug-likeness (QED) is 0.268. The molecule has 3 aromatic rings. The van der Waals surface area contributed by atoms with Gasteiger partial charge in [0.1, 0.15) is 12.3 Å². The van der Waals surface area contributed by atoms with Crippen LogP contribution in [0.3, 0.4) is 0 Å². The standard InChI is InChI=1S/C24H21Cl3N4O5S/c1-37(34,35)31(19-7-10-21(26)22(27)12-19)14-23(32)30-28-13-16-5-8-20(9-6-16)36-15-24(33)29-18-4-2-3-17(25)11-18/h2-13H,14-15H2,1H3,(H,29,33)(H,30,32)/b28-13-. The van der Waals surface area contributed by atoms with Crippen LogP contribution in [0, 0.1) is 0 Å². The molecule has 0 aromatic heterocycles. The van der Waals surface area contributed by atoms with Crippen LogP contribution in [0.2, 0.25) is 15.1 Å². The molecule has 0 saturated carbocycles. The fourth-order valence-corrected chi connectivity index (χ4v) is 4.28. The zero-order valence-electron chi connectivity index (χ0n) is 19.3. The van der Waals surface area contributed by atoms with Crippen molar-refractivity contribution in [2.45, 2.75) is 0 Å². The van der Waals surface area contributed by atoms with E-state index >= 15 is 0 Å². The predicted molar refractivity (Wildman–Crippen MR) is 146 cm³/mol. The van der Waals surface area contributed by atoms with Gasteiger partial charge in [-0.05, 0) is 66.2 Å². The summed E-state index contributed by atoms with van der Waals surface area (Å²) >= 11 is 17.7. The van der Waals surface area contributed by atoms with Crippen molar-refractivity contribution < 1.29 is 22.7 Å². The summed E-state index contributed by atoms with van der Waals surface area (Å²) in [5, 5.41) is 7.44. The van der Waals surface area contributed by atoms with Gasteiger partial charge in [-0.25, -0.2) is 13.8 Å². The third kappa shape index (κ3) is 8.94. The molecule has 2 amide bonds. The Labute approximate surface area is 229 Å². The first kappa shape index (κ1) is 28.3. The summed E-state index contributed by atoms with van der Waals surface area (Å²) in [6.45, 7) is -0.718. The number of benzene rings is 3. The van der Waals surface area contributed by atoms with E-state index in [4.69, 9.17) is 39.5 Å². The summed E-state index contributed by atoms with van der Waals surface area (Å²) in [4.78, 5) is 24.3. The van der Waals surface area contributed by atoms with Crippen molar-refractivity contribution in [3.8, 4) is 5.75 Å². The molecule has 13 heteroatoms. The Kier molecular flexibility index (Phi) is 9.76. The van der Waals surface area contributed by atoms with Gasteiger partial charge in [0, 0.05) is 10.7 Å². The van der Waals surface area contributed by atoms with E-state index in [1.54, 1.807) is 48.5 Å². The van der Waals surface area contributed by atoms with Gasteiger partial charge in [-0.2, -0.15) is 5.10 Å². The number of nitrogens with zero attached hydrogens (tertiary/aromatic N) is 2. The monoisotopic (exact) mass is 582 g/mol. The molecule has 9 nitrogen and oxygen atoms in total. The zero-order chi connectivity index (χ0) is 27.0. The molecule has 0 radical (unpaired) electrons.